The highest BCUT2D eigenvalue weighted by atomic mass is 15.1. The van der Waals surface area contributed by atoms with Crippen molar-refractivity contribution in [3.8, 4) is 0 Å². The molecule has 1 heterocycles. The van der Waals surface area contributed by atoms with Crippen LogP contribution in [0, 0.1) is 10.8 Å². The molecule has 0 radical (unpaired) electrons. The summed E-state index contributed by atoms with van der Waals surface area (Å²) in [4.78, 5) is 2.26. The molecule has 0 unspecified atom stereocenters. The highest BCUT2D eigenvalue weighted by Crippen LogP contribution is 2.20. The molecule has 15 heavy (non-hydrogen) atoms. The third kappa shape index (κ3) is 2.06. The summed E-state index contributed by atoms with van der Waals surface area (Å²) in [5.41, 5.74) is 2.97. The maximum Gasteiger partial charge on any atom is 0.0809 e. The Hall–Kier alpha value is -1.64. The Labute approximate surface area is 89.8 Å². The summed E-state index contributed by atoms with van der Waals surface area (Å²) in [6, 6.07) is 0. The van der Waals surface area contributed by atoms with Gasteiger partial charge in [-0.15, -0.1) is 0 Å². The molecule has 0 atom stereocenters. The molecule has 2 N–H and O–H groups in total. The molecule has 3 heteroatoms. The van der Waals surface area contributed by atoms with Crippen LogP contribution in [0.5, 0.6) is 0 Å². The molecule has 0 amide bonds. The quantitative estimate of drug-likeness (QED) is 0.495. The maximum absolute atomic E-state index is 7.59. The Kier molecular flexibility index (Phi) is 2.54. The van der Waals surface area contributed by atoms with Crippen LogP contribution in [0.3, 0.4) is 0 Å². The lowest BCUT2D eigenvalue weighted by Crippen LogP contribution is -2.31. The van der Waals surface area contributed by atoms with Crippen molar-refractivity contribution in [1.82, 2.24) is 4.90 Å². The summed E-state index contributed by atoms with van der Waals surface area (Å²) >= 11 is 0. The van der Waals surface area contributed by atoms with Crippen molar-refractivity contribution >= 4 is 11.4 Å². The van der Waals surface area contributed by atoms with E-state index in [1.54, 1.807) is 12.2 Å². The van der Waals surface area contributed by atoms with E-state index in [0.717, 1.165) is 31.6 Å². The van der Waals surface area contributed by atoms with Crippen LogP contribution >= 0.6 is 0 Å². The van der Waals surface area contributed by atoms with Gasteiger partial charge in [0.2, 0.25) is 0 Å². The second kappa shape index (κ2) is 3.85. The molecule has 1 aliphatic carbocycles. The second-order valence-electron chi connectivity index (χ2n) is 3.97. The lowest BCUT2D eigenvalue weighted by atomic mass is 10.0. The predicted octanol–water partition coefficient (Wildman–Crippen LogP) is 2.13. The minimum atomic E-state index is 0.292. The summed E-state index contributed by atoms with van der Waals surface area (Å²) in [6.45, 7) is 5.94. The van der Waals surface area contributed by atoms with E-state index in [-0.39, 0.29) is 0 Å². The van der Waals surface area contributed by atoms with Gasteiger partial charge in [-0.05, 0) is 31.1 Å². The standard InChI is InChI=1S/C12H15N3/c1-9-4-6-15(7-5-9)10-2-3-11(13)12(14)8-10/h2-3,8,13-14H,1,4-7H2. The molecule has 0 spiro atoms. The number of hydrogen-bond acceptors (Lipinski definition) is 3. The molecule has 1 fully saturated rings. The fourth-order valence-electron chi connectivity index (χ4n) is 1.81. The van der Waals surface area contributed by atoms with Crippen LogP contribution in [0.4, 0.5) is 0 Å². The molecular formula is C12H15N3. The first-order valence-electron chi connectivity index (χ1n) is 5.15. The van der Waals surface area contributed by atoms with Crippen LogP contribution < -0.4 is 0 Å². The minimum Gasteiger partial charge on any atom is -0.371 e. The Morgan fingerprint density at radius 2 is 1.73 bits per heavy atom. The molecule has 2 aliphatic rings. The summed E-state index contributed by atoms with van der Waals surface area (Å²) in [7, 11) is 0. The van der Waals surface area contributed by atoms with E-state index < -0.39 is 0 Å². The predicted molar refractivity (Wildman–Crippen MR) is 62.6 cm³/mol. The number of hydrogen-bond donors (Lipinski definition) is 2. The van der Waals surface area contributed by atoms with Crippen molar-refractivity contribution in [2.24, 2.45) is 0 Å². The maximum atomic E-state index is 7.59. The number of nitrogens with zero attached hydrogens (tertiary/aromatic N) is 1. The monoisotopic (exact) mass is 201 g/mol. The highest BCUT2D eigenvalue weighted by Gasteiger charge is 2.16. The Balaban J connectivity index is 2.09. The number of rotatable bonds is 1. The zero-order chi connectivity index (χ0) is 10.8. The van der Waals surface area contributed by atoms with Gasteiger partial charge < -0.3 is 4.90 Å². The smallest absolute Gasteiger partial charge is 0.0809 e. The Morgan fingerprint density at radius 1 is 1.07 bits per heavy atom. The van der Waals surface area contributed by atoms with E-state index in [1.165, 1.54) is 5.57 Å². The van der Waals surface area contributed by atoms with Crippen LogP contribution in [0.15, 0.2) is 36.1 Å². The van der Waals surface area contributed by atoms with Gasteiger partial charge in [0.05, 0.1) is 11.4 Å². The number of likely N-dealkylation sites (tertiary alicyclic amines) is 1. The van der Waals surface area contributed by atoms with Crippen LogP contribution in [-0.2, 0) is 0 Å². The average molecular weight is 201 g/mol. The van der Waals surface area contributed by atoms with E-state index in [4.69, 9.17) is 10.8 Å². The summed E-state index contributed by atoms with van der Waals surface area (Å²) in [6.07, 6.45) is 7.47. The fourth-order valence-corrected chi connectivity index (χ4v) is 1.81. The van der Waals surface area contributed by atoms with Gasteiger partial charge in [-0.1, -0.05) is 12.2 Å². The van der Waals surface area contributed by atoms with Gasteiger partial charge in [0.15, 0.2) is 0 Å². The average Bonchev–Trinajstić information content (AvgIpc) is 2.23. The van der Waals surface area contributed by atoms with Gasteiger partial charge in [0, 0.05) is 18.8 Å². The van der Waals surface area contributed by atoms with E-state index in [0.29, 0.717) is 11.4 Å². The first-order chi connectivity index (χ1) is 7.16. The van der Waals surface area contributed by atoms with Crippen molar-refractivity contribution in [3.63, 3.8) is 0 Å². The van der Waals surface area contributed by atoms with Crippen LogP contribution in [0.1, 0.15) is 12.8 Å². The molecule has 0 aromatic carbocycles. The van der Waals surface area contributed by atoms with Gasteiger partial charge in [0.25, 0.3) is 0 Å². The lowest BCUT2D eigenvalue weighted by molar-refractivity contribution is 0.331. The molecular weight excluding hydrogens is 186 g/mol. The van der Waals surface area contributed by atoms with Crippen molar-refractivity contribution in [3.05, 3.63) is 36.1 Å². The number of piperidine rings is 1. The summed E-state index contributed by atoms with van der Waals surface area (Å²) in [5.74, 6) is 0. The first-order valence-corrected chi connectivity index (χ1v) is 5.15. The van der Waals surface area contributed by atoms with Crippen LogP contribution in [0.2, 0.25) is 0 Å². The SMILES string of the molecule is C=C1CCN(C2=CC(=N)C(=N)C=C2)CC1. The summed E-state index contributed by atoms with van der Waals surface area (Å²) < 4.78 is 0. The van der Waals surface area contributed by atoms with Crippen molar-refractivity contribution in [1.29, 1.82) is 10.8 Å². The highest BCUT2D eigenvalue weighted by molar-refractivity contribution is 6.49. The first kappa shape index (κ1) is 9.90. The zero-order valence-electron chi connectivity index (χ0n) is 8.71. The lowest BCUT2D eigenvalue weighted by Gasteiger charge is -2.31. The topological polar surface area (TPSA) is 50.9 Å². The van der Waals surface area contributed by atoms with Crippen LogP contribution in [-0.4, -0.2) is 29.4 Å². The van der Waals surface area contributed by atoms with E-state index in [9.17, 15) is 0 Å². The van der Waals surface area contributed by atoms with E-state index in [2.05, 4.69) is 11.5 Å². The minimum absolute atomic E-state index is 0.292. The molecule has 0 aromatic heterocycles. The van der Waals surface area contributed by atoms with Gasteiger partial charge in [-0.2, -0.15) is 0 Å². The Morgan fingerprint density at radius 3 is 2.33 bits per heavy atom. The third-order valence-corrected chi connectivity index (χ3v) is 2.84. The number of allylic oxidation sites excluding steroid dienone is 3. The normalized spacial score (nSPS) is 22.0. The molecule has 3 nitrogen and oxygen atoms in total. The molecule has 1 saturated heterocycles. The zero-order valence-corrected chi connectivity index (χ0v) is 8.71. The van der Waals surface area contributed by atoms with Crippen molar-refractivity contribution in [2.45, 2.75) is 12.8 Å². The van der Waals surface area contributed by atoms with Crippen LogP contribution in [0.25, 0.3) is 0 Å². The van der Waals surface area contributed by atoms with Gasteiger partial charge in [-0.3, -0.25) is 10.8 Å². The molecule has 0 saturated carbocycles. The van der Waals surface area contributed by atoms with Crippen molar-refractivity contribution < 1.29 is 0 Å². The van der Waals surface area contributed by atoms with E-state index in [1.807, 2.05) is 6.08 Å². The molecule has 0 bridgehead atoms. The third-order valence-electron chi connectivity index (χ3n) is 2.84. The number of nitrogens with one attached hydrogen (secondary N) is 2. The molecule has 78 valence electrons. The van der Waals surface area contributed by atoms with Gasteiger partial charge in [-0.25, -0.2) is 0 Å². The molecule has 0 aromatic rings. The van der Waals surface area contributed by atoms with E-state index >= 15 is 0 Å². The molecule has 1 aliphatic heterocycles. The Bertz CT molecular complexity index is 378. The largest absolute Gasteiger partial charge is 0.371 e. The summed E-state index contributed by atoms with van der Waals surface area (Å²) in [5, 5.41) is 15.0. The van der Waals surface area contributed by atoms with Gasteiger partial charge >= 0.3 is 0 Å². The van der Waals surface area contributed by atoms with Crippen molar-refractivity contribution in [2.75, 3.05) is 13.1 Å². The van der Waals surface area contributed by atoms with Gasteiger partial charge in [0.1, 0.15) is 0 Å². The fraction of sp³-hybridized carbons (Fsp3) is 0.333. The molecule has 2 rings (SSSR count). The second-order valence-corrected chi connectivity index (χ2v) is 3.97.